The smallest absolute Gasteiger partial charge is 0.408 e. The molecule has 2 aromatic rings. The van der Waals surface area contributed by atoms with Gasteiger partial charge in [-0.2, -0.15) is 0 Å². The number of carbonyl (C=O) groups is 2. The minimum absolute atomic E-state index is 0.0307. The number of alkyl carbamates (subject to hydrolysis) is 1. The molecule has 0 radical (unpaired) electrons. The van der Waals surface area contributed by atoms with Crippen LogP contribution in [0.2, 0.25) is 0 Å². The lowest BCUT2D eigenvalue weighted by atomic mass is 10.1. The van der Waals surface area contributed by atoms with Gasteiger partial charge in [0.05, 0.1) is 5.75 Å². The molecule has 0 spiro atoms. The van der Waals surface area contributed by atoms with Gasteiger partial charge in [0.15, 0.2) is 0 Å². The fourth-order valence-corrected chi connectivity index (χ4v) is 3.76. The molecule has 0 aromatic heterocycles. The molecular weight excluding hydrogens is 442 g/mol. The Balaban J connectivity index is 1.83. The summed E-state index contributed by atoms with van der Waals surface area (Å²) in [5.74, 6) is -0.652. The number of amides is 2. The molecule has 0 saturated heterocycles. The van der Waals surface area contributed by atoms with Crippen LogP contribution < -0.4 is 15.5 Å². The Morgan fingerprint density at radius 1 is 1.00 bits per heavy atom. The molecular formula is C24H33N3O5S. The van der Waals surface area contributed by atoms with Gasteiger partial charge in [-0.3, -0.25) is 4.79 Å². The number of rotatable bonds is 12. The maximum Gasteiger partial charge on any atom is 0.408 e. The third-order valence-corrected chi connectivity index (χ3v) is 5.97. The molecule has 0 bridgehead atoms. The van der Waals surface area contributed by atoms with Gasteiger partial charge in [-0.1, -0.05) is 42.5 Å². The monoisotopic (exact) mass is 475 g/mol. The second-order valence-electron chi connectivity index (χ2n) is 8.13. The Morgan fingerprint density at radius 2 is 1.67 bits per heavy atom. The van der Waals surface area contributed by atoms with E-state index in [0.717, 1.165) is 29.5 Å². The number of ether oxygens (including phenoxy) is 1. The minimum Gasteiger partial charge on any atom is -0.445 e. The zero-order valence-electron chi connectivity index (χ0n) is 19.4. The van der Waals surface area contributed by atoms with Crippen molar-refractivity contribution in [1.29, 1.82) is 0 Å². The largest absolute Gasteiger partial charge is 0.445 e. The molecule has 2 amide bonds. The quantitative estimate of drug-likeness (QED) is 0.457. The molecule has 0 aliphatic rings. The molecule has 2 aromatic carbocycles. The second kappa shape index (κ2) is 12.8. The highest BCUT2D eigenvalue weighted by atomic mass is 32.2. The molecule has 0 fully saturated rings. The van der Waals surface area contributed by atoms with E-state index in [2.05, 4.69) is 22.8 Å². The van der Waals surface area contributed by atoms with E-state index in [-0.39, 0.29) is 18.8 Å². The molecule has 2 rings (SSSR count). The third-order valence-electron chi connectivity index (χ3n) is 4.99. The Bertz CT molecular complexity index is 993. The molecule has 1 atom stereocenters. The van der Waals surface area contributed by atoms with E-state index < -0.39 is 27.9 Å². The lowest BCUT2D eigenvalue weighted by Crippen LogP contribution is -2.48. The first-order chi connectivity index (χ1) is 15.6. The van der Waals surface area contributed by atoms with E-state index in [0.29, 0.717) is 13.0 Å². The highest BCUT2D eigenvalue weighted by Crippen LogP contribution is 2.13. The van der Waals surface area contributed by atoms with Crippen LogP contribution >= 0.6 is 0 Å². The normalized spacial score (nSPS) is 12.0. The van der Waals surface area contributed by atoms with Gasteiger partial charge < -0.3 is 20.3 Å². The van der Waals surface area contributed by atoms with Crippen LogP contribution in [0.15, 0.2) is 54.6 Å². The summed E-state index contributed by atoms with van der Waals surface area (Å²) in [7, 11) is 0.674. The second-order valence-corrected chi connectivity index (χ2v) is 10.4. The van der Waals surface area contributed by atoms with Crippen molar-refractivity contribution in [2.75, 3.05) is 37.5 Å². The number of carbonyl (C=O) groups excluding carboxylic acids is 2. The van der Waals surface area contributed by atoms with Crippen molar-refractivity contribution in [3.05, 3.63) is 65.7 Å². The van der Waals surface area contributed by atoms with Crippen molar-refractivity contribution in [1.82, 2.24) is 10.6 Å². The maximum atomic E-state index is 12.6. The van der Waals surface area contributed by atoms with Gasteiger partial charge in [-0.05, 0) is 42.5 Å². The number of aryl methyl sites for hydroxylation is 1. The van der Waals surface area contributed by atoms with Crippen LogP contribution in [-0.4, -0.2) is 59.1 Å². The number of nitrogens with zero attached hydrogens (tertiary/aromatic N) is 1. The summed E-state index contributed by atoms with van der Waals surface area (Å²) < 4.78 is 28.3. The van der Waals surface area contributed by atoms with Crippen LogP contribution in [0.4, 0.5) is 10.5 Å². The van der Waals surface area contributed by atoms with Gasteiger partial charge in [0.1, 0.15) is 22.5 Å². The van der Waals surface area contributed by atoms with Crippen LogP contribution in [0.25, 0.3) is 0 Å². The van der Waals surface area contributed by atoms with Gasteiger partial charge in [0.25, 0.3) is 0 Å². The summed E-state index contributed by atoms with van der Waals surface area (Å²) in [6, 6.07) is 16.3. The lowest BCUT2D eigenvalue weighted by Gasteiger charge is -2.18. The first-order valence-corrected chi connectivity index (χ1v) is 12.9. The summed E-state index contributed by atoms with van der Waals surface area (Å²) in [6.45, 7) is 0.462. The van der Waals surface area contributed by atoms with Gasteiger partial charge in [-0.25, -0.2) is 13.2 Å². The average molecular weight is 476 g/mol. The molecule has 0 aliphatic carbocycles. The third kappa shape index (κ3) is 10.4. The van der Waals surface area contributed by atoms with Crippen molar-refractivity contribution in [3.63, 3.8) is 0 Å². The number of nitrogens with one attached hydrogen (secondary N) is 2. The Labute approximate surface area is 196 Å². The summed E-state index contributed by atoms with van der Waals surface area (Å²) in [4.78, 5) is 26.8. The number of anilines is 1. The molecule has 0 heterocycles. The molecule has 180 valence electrons. The molecule has 8 nitrogen and oxygen atoms in total. The van der Waals surface area contributed by atoms with Crippen molar-refractivity contribution in [2.45, 2.75) is 31.9 Å². The molecule has 1 unspecified atom stereocenters. The zero-order chi connectivity index (χ0) is 24.3. The Morgan fingerprint density at radius 3 is 2.27 bits per heavy atom. The highest BCUT2D eigenvalue weighted by molar-refractivity contribution is 7.90. The first-order valence-electron chi connectivity index (χ1n) is 10.8. The summed E-state index contributed by atoms with van der Waals surface area (Å²) in [5, 5.41) is 5.28. The van der Waals surface area contributed by atoms with Gasteiger partial charge >= 0.3 is 6.09 Å². The van der Waals surface area contributed by atoms with E-state index in [4.69, 9.17) is 4.74 Å². The fourth-order valence-electron chi connectivity index (χ4n) is 3.10. The van der Waals surface area contributed by atoms with Crippen LogP contribution in [0.1, 0.15) is 24.0 Å². The van der Waals surface area contributed by atoms with E-state index in [9.17, 15) is 18.0 Å². The van der Waals surface area contributed by atoms with E-state index in [1.807, 2.05) is 61.5 Å². The molecule has 9 heteroatoms. The predicted molar refractivity (Wildman–Crippen MR) is 130 cm³/mol. The van der Waals surface area contributed by atoms with Crippen LogP contribution in [0.5, 0.6) is 0 Å². The number of sulfone groups is 1. The average Bonchev–Trinajstić information content (AvgIpc) is 2.78. The van der Waals surface area contributed by atoms with E-state index in [1.54, 1.807) is 0 Å². The predicted octanol–water partition coefficient (Wildman–Crippen LogP) is 2.53. The summed E-state index contributed by atoms with van der Waals surface area (Å²) >= 11 is 0. The Kier molecular flexibility index (Phi) is 10.2. The van der Waals surface area contributed by atoms with Crippen molar-refractivity contribution < 1.29 is 22.7 Å². The maximum absolute atomic E-state index is 12.6. The van der Waals surface area contributed by atoms with Crippen molar-refractivity contribution in [3.8, 4) is 0 Å². The molecule has 33 heavy (non-hydrogen) atoms. The number of benzene rings is 2. The van der Waals surface area contributed by atoms with Crippen LogP contribution in [-0.2, 0) is 32.4 Å². The van der Waals surface area contributed by atoms with Crippen LogP contribution in [0, 0.1) is 0 Å². The SMILES string of the molecule is CN(C)c1ccc(CCCNC(=O)C(CCS(C)(=O)=O)NC(=O)OCc2ccccc2)cc1. The number of hydrogen-bond acceptors (Lipinski definition) is 6. The molecule has 2 N–H and O–H groups in total. The van der Waals surface area contributed by atoms with Crippen molar-refractivity contribution in [2.24, 2.45) is 0 Å². The lowest BCUT2D eigenvalue weighted by molar-refractivity contribution is -0.123. The highest BCUT2D eigenvalue weighted by Gasteiger charge is 2.23. The number of hydrogen-bond donors (Lipinski definition) is 2. The standard InChI is InChI=1S/C24H33N3O5S/c1-27(2)21-13-11-19(12-14-21)10-7-16-25-23(28)22(15-17-33(3,30)31)26-24(29)32-18-20-8-5-4-6-9-20/h4-6,8-9,11-14,22H,7,10,15-18H2,1-3H3,(H,25,28)(H,26,29). The first kappa shape index (κ1) is 26.2. The minimum atomic E-state index is -3.29. The van der Waals surface area contributed by atoms with E-state index in [1.165, 1.54) is 0 Å². The Hall–Kier alpha value is -3.07. The van der Waals surface area contributed by atoms with Gasteiger partial charge in [-0.15, -0.1) is 0 Å². The summed E-state index contributed by atoms with van der Waals surface area (Å²) in [6.07, 6.45) is 1.79. The molecule has 0 saturated carbocycles. The van der Waals surface area contributed by atoms with E-state index >= 15 is 0 Å². The topological polar surface area (TPSA) is 105 Å². The van der Waals surface area contributed by atoms with Crippen molar-refractivity contribution >= 4 is 27.5 Å². The zero-order valence-corrected chi connectivity index (χ0v) is 20.2. The molecule has 0 aliphatic heterocycles. The van der Waals surface area contributed by atoms with Crippen LogP contribution in [0.3, 0.4) is 0 Å². The fraction of sp³-hybridized carbons (Fsp3) is 0.417. The van der Waals surface area contributed by atoms with Gasteiger partial charge in [0, 0.05) is 32.6 Å². The van der Waals surface area contributed by atoms with Gasteiger partial charge in [0.2, 0.25) is 5.91 Å². The summed E-state index contributed by atoms with van der Waals surface area (Å²) in [5.41, 5.74) is 3.08.